The highest BCUT2D eigenvalue weighted by Crippen LogP contribution is 2.36. The van der Waals surface area contributed by atoms with Gasteiger partial charge in [-0.2, -0.15) is 0 Å². The van der Waals surface area contributed by atoms with Crippen LogP contribution in [-0.2, 0) is 0 Å². The van der Waals surface area contributed by atoms with Gasteiger partial charge in [0, 0.05) is 54.1 Å². The van der Waals surface area contributed by atoms with Gasteiger partial charge in [0.1, 0.15) is 0 Å². The summed E-state index contributed by atoms with van der Waals surface area (Å²) >= 11 is 0. The summed E-state index contributed by atoms with van der Waals surface area (Å²) in [5.74, 6) is -0.00454. The molecule has 0 N–H and O–H groups in total. The first-order valence-electron chi connectivity index (χ1n) is 10.5. The molecule has 31 heavy (non-hydrogen) atoms. The molecule has 1 amide bonds. The van der Waals surface area contributed by atoms with Gasteiger partial charge in [-0.15, -0.1) is 0 Å². The topological polar surface area (TPSA) is 57.7 Å². The molecule has 5 rings (SSSR count). The SMILES string of the molecule is CC(=O)c1ccc(N2CCN(C(=O)c3ccc4c(c3)C(=O)c3ccccc3-4)CC2)cc1. The zero-order valence-corrected chi connectivity index (χ0v) is 17.3. The van der Waals surface area contributed by atoms with Crippen molar-refractivity contribution in [3.63, 3.8) is 0 Å². The van der Waals surface area contributed by atoms with Crippen LogP contribution in [0.3, 0.4) is 0 Å². The van der Waals surface area contributed by atoms with Crippen LogP contribution in [0.4, 0.5) is 5.69 Å². The smallest absolute Gasteiger partial charge is 0.253 e. The standard InChI is InChI=1S/C26H22N2O3/c1-17(29)18-6-9-20(10-7-18)27-12-14-28(15-13-27)26(31)19-8-11-22-21-4-2-3-5-23(21)25(30)24(22)16-19/h2-11,16H,12-15H2,1H3. The van der Waals surface area contributed by atoms with Gasteiger partial charge in [0.05, 0.1) is 0 Å². The average Bonchev–Trinajstić information content (AvgIpc) is 3.10. The molecule has 0 bridgehead atoms. The molecule has 2 aliphatic rings. The van der Waals surface area contributed by atoms with E-state index in [0.29, 0.717) is 35.3 Å². The Morgan fingerprint density at radius 2 is 1.32 bits per heavy atom. The molecular weight excluding hydrogens is 388 g/mol. The summed E-state index contributed by atoms with van der Waals surface area (Å²) in [6, 6.07) is 20.6. The fraction of sp³-hybridized carbons (Fsp3) is 0.192. The van der Waals surface area contributed by atoms with Crippen molar-refractivity contribution in [1.29, 1.82) is 0 Å². The maximum atomic E-state index is 13.1. The number of carbonyl (C=O) groups excluding carboxylic acids is 3. The molecule has 1 aliphatic heterocycles. The molecule has 0 spiro atoms. The number of anilines is 1. The van der Waals surface area contributed by atoms with E-state index < -0.39 is 0 Å². The molecule has 0 aromatic heterocycles. The van der Waals surface area contributed by atoms with Crippen LogP contribution >= 0.6 is 0 Å². The minimum Gasteiger partial charge on any atom is -0.368 e. The molecule has 3 aromatic rings. The lowest BCUT2D eigenvalue weighted by Gasteiger charge is -2.36. The van der Waals surface area contributed by atoms with Crippen LogP contribution in [0.1, 0.15) is 43.6 Å². The lowest BCUT2D eigenvalue weighted by molar-refractivity contribution is 0.0746. The Morgan fingerprint density at radius 1 is 0.710 bits per heavy atom. The fourth-order valence-electron chi connectivity index (χ4n) is 4.42. The van der Waals surface area contributed by atoms with Gasteiger partial charge in [0.15, 0.2) is 11.6 Å². The number of Topliss-reactive ketones (excluding diaryl/α,β-unsaturated/α-hetero) is 1. The second-order valence-corrected chi connectivity index (χ2v) is 8.02. The lowest BCUT2D eigenvalue weighted by atomic mass is 10.0. The molecular formula is C26H22N2O3. The van der Waals surface area contributed by atoms with Gasteiger partial charge in [-0.05, 0) is 54.4 Å². The zero-order chi connectivity index (χ0) is 21.5. The fourth-order valence-corrected chi connectivity index (χ4v) is 4.42. The monoisotopic (exact) mass is 410 g/mol. The van der Waals surface area contributed by atoms with Gasteiger partial charge in [-0.3, -0.25) is 14.4 Å². The Labute approximate surface area is 180 Å². The summed E-state index contributed by atoms with van der Waals surface area (Å²) < 4.78 is 0. The van der Waals surface area contributed by atoms with E-state index in [1.54, 1.807) is 13.0 Å². The molecule has 1 heterocycles. The molecule has 1 fully saturated rings. The molecule has 1 saturated heterocycles. The Balaban J connectivity index is 1.29. The quantitative estimate of drug-likeness (QED) is 0.478. The first-order valence-corrected chi connectivity index (χ1v) is 10.5. The summed E-state index contributed by atoms with van der Waals surface area (Å²) in [7, 11) is 0. The summed E-state index contributed by atoms with van der Waals surface area (Å²) in [6.07, 6.45) is 0. The van der Waals surface area contributed by atoms with E-state index in [2.05, 4.69) is 4.90 Å². The van der Waals surface area contributed by atoms with E-state index in [1.807, 2.05) is 65.6 Å². The largest absolute Gasteiger partial charge is 0.368 e. The van der Waals surface area contributed by atoms with Gasteiger partial charge in [0.25, 0.3) is 5.91 Å². The van der Waals surface area contributed by atoms with E-state index in [0.717, 1.165) is 29.9 Å². The van der Waals surface area contributed by atoms with E-state index in [-0.39, 0.29) is 17.5 Å². The number of ketones is 2. The highest BCUT2D eigenvalue weighted by atomic mass is 16.2. The maximum absolute atomic E-state index is 13.1. The van der Waals surface area contributed by atoms with Crippen molar-refractivity contribution in [1.82, 2.24) is 4.90 Å². The molecule has 0 atom stereocenters. The van der Waals surface area contributed by atoms with Crippen molar-refractivity contribution in [2.45, 2.75) is 6.92 Å². The second-order valence-electron chi connectivity index (χ2n) is 8.02. The molecule has 3 aromatic carbocycles. The number of fused-ring (bicyclic) bond motifs is 3. The summed E-state index contributed by atoms with van der Waals surface area (Å²) in [4.78, 5) is 41.4. The third-order valence-corrected chi connectivity index (χ3v) is 6.18. The molecule has 5 nitrogen and oxygen atoms in total. The summed E-state index contributed by atoms with van der Waals surface area (Å²) in [5.41, 5.74) is 5.45. The minimum absolute atomic E-state index is 0.0147. The number of hydrogen-bond donors (Lipinski definition) is 0. The van der Waals surface area contributed by atoms with Crippen molar-refractivity contribution >= 4 is 23.2 Å². The van der Waals surface area contributed by atoms with Gasteiger partial charge < -0.3 is 9.80 Å². The van der Waals surface area contributed by atoms with E-state index in [4.69, 9.17) is 0 Å². The molecule has 0 saturated carbocycles. The van der Waals surface area contributed by atoms with Crippen molar-refractivity contribution in [3.05, 3.63) is 89.0 Å². The van der Waals surface area contributed by atoms with Crippen LogP contribution in [-0.4, -0.2) is 48.6 Å². The molecule has 5 heteroatoms. The van der Waals surface area contributed by atoms with Crippen LogP contribution in [0, 0.1) is 0 Å². The van der Waals surface area contributed by atoms with Crippen molar-refractivity contribution in [2.75, 3.05) is 31.1 Å². The van der Waals surface area contributed by atoms with E-state index in [9.17, 15) is 14.4 Å². The number of hydrogen-bond acceptors (Lipinski definition) is 4. The highest BCUT2D eigenvalue weighted by Gasteiger charge is 2.28. The minimum atomic E-state index is -0.0434. The van der Waals surface area contributed by atoms with Crippen LogP contribution in [0.2, 0.25) is 0 Å². The first kappa shape index (κ1) is 19.2. The number of carbonyl (C=O) groups is 3. The van der Waals surface area contributed by atoms with Crippen LogP contribution in [0.25, 0.3) is 11.1 Å². The Morgan fingerprint density at radius 3 is 2.00 bits per heavy atom. The molecule has 154 valence electrons. The van der Waals surface area contributed by atoms with Crippen LogP contribution in [0.15, 0.2) is 66.7 Å². The zero-order valence-electron chi connectivity index (χ0n) is 17.3. The number of benzene rings is 3. The van der Waals surface area contributed by atoms with Gasteiger partial charge in [-0.1, -0.05) is 30.3 Å². The lowest BCUT2D eigenvalue weighted by Crippen LogP contribution is -2.48. The van der Waals surface area contributed by atoms with Crippen LogP contribution < -0.4 is 4.90 Å². The number of rotatable bonds is 3. The third kappa shape index (κ3) is 3.32. The number of piperazine rings is 1. The van der Waals surface area contributed by atoms with E-state index in [1.165, 1.54) is 0 Å². The van der Waals surface area contributed by atoms with Gasteiger partial charge in [-0.25, -0.2) is 0 Å². The second kappa shape index (κ2) is 7.51. The number of amides is 1. The predicted octanol–water partition coefficient (Wildman–Crippen LogP) is 4.06. The normalized spacial score (nSPS) is 14.9. The summed E-state index contributed by atoms with van der Waals surface area (Å²) in [6.45, 7) is 4.22. The molecule has 0 radical (unpaired) electrons. The van der Waals surface area contributed by atoms with Crippen molar-refractivity contribution < 1.29 is 14.4 Å². The number of nitrogens with zero attached hydrogens (tertiary/aromatic N) is 2. The van der Waals surface area contributed by atoms with Gasteiger partial charge >= 0.3 is 0 Å². The predicted molar refractivity (Wildman–Crippen MR) is 120 cm³/mol. The molecule has 0 unspecified atom stereocenters. The average molecular weight is 410 g/mol. The third-order valence-electron chi connectivity index (χ3n) is 6.18. The Bertz CT molecular complexity index is 1210. The van der Waals surface area contributed by atoms with Crippen molar-refractivity contribution in [3.8, 4) is 11.1 Å². The Kier molecular flexibility index (Phi) is 4.66. The van der Waals surface area contributed by atoms with Gasteiger partial charge in [0.2, 0.25) is 0 Å². The van der Waals surface area contributed by atoms with E-state index >= 15 is 0 Å². The first-order chi connectivity index (χ1) is 15.0. The highest BCUT2D eigenvalue weighted by molar-refractivity contribution is 6.22. The molecule has 1 aliphatic carbocycles. The summed E-state index contributed by atoms with van der Waals surface area (Å²) in [5, 5.41) is 0. The Hall–Kier alpha value is -3.73. The van der Waals surface area contributed by atoms with Crippen molar-refractivity contribution in [2.24, 2.45) is 0 Å². The maximum Gasteiger partial charge on any atom is 0.253 e. The van der Waals surface area contributed by atoms with Crippen LogP contribution in [0.5, 0.6) is 0 Å².